The van der Waals surface area contributed by atoms with Crippen LogP contribution in [0.15, 0.2) is 29.3 Å². The van der Waals surface area contributed by atoms with Crippen molar-refractivity contribution in [2.45, 2.75) is 32.5 Å². The first-order chi connectivity index (χ1) is 13.7. The number of guanidine groups is 1. The lowest BCUT2D eigenvalue weighted by Gasteiger charge is -2.26. The van der Waals surface area contributed by atoms with Gasteiger partial charge in [-0.2, -0.15) is 13.2 Å². The van der Waals surface area contributed by atoms with Crippen LogP contribution in [0.25, 0.3) is 0 Å². The molecule has 1 aromatic carbocycles. The number of hydrogen-bond donors (Lipinski definition) is 1. The van der Waals surface area contributed by atoms with Crippen LogP contribution in [0, 0.1) is 11.7 Å². The van der Waals surface area contributed by atoms with E-state index >= 15 is 0 Å². The van der Waals surface area contributed by atoms with Gasteiger partial charge < -0.3 is 15.0 Å². The van der Waals surface area contributed by atoms with E-state index in [2.05, 4.69) is 15.2 Å². The molecule has 1 aromatic rings. The van der Waals surface area contributed by atoms with Crippen LogP contribution in [-0.4, -0.2) is 74.4 Å². The molecule has 172 valence electrons. The largest absolute Gasteiger partial charge is 0.489 e. The van der Waals surface area contributed by atoms with E-state index in [1.165, 1.54) is 17.0 Å². The first kappa shape index (κ1) is 26.7. The van der Waals surface area contributed by atoms with Crippen molar-refractivity contribution in [3.8, 4) is 5.75 Å². The van der Waals surface area contributed by atoms with E-state index in [4.69, 9.17) is 4.74 Å². The minimum absolute atomic E-state index is 0. The Bertz CT molecular complexity index is 674. The molecule has 2 unspecified atom stereocenters. The summed E-state index contributed by atoms with van der Waals surface area (Å²) in [6.07, 6.45) is -3.57. The highest BCUT2D eigenvalue weighted by atomic mass is 127. The number of alkyl halides is 3. The van der Waals surface area contributed by atoms with Crippen LogP contribution in [0.5, 0.6) is 5.75 Å². The van der Waals surface area contributed by atoms with Crippen LogP contribution >= 0.6 is 24.0 Å². The number of rotatable bonds is 8. The lowest BCUT2D eigenvalue weighted by molar-refractivity contribution is -0.146. The molecule has 1 N–H and O–H groups in total. The Kier molecular flexibility index (Phi) is 11.2. The van der Waals surface area contributed by atoms with E-state index in [1.54, 1.807) is 26.1 Å². The highest BCUT2D eigenvalue weighted by Gasteiger charge is 2.33. The molecule has 10 heteroatoms. The molecule has 1 saturated heterocycles. The number of halogens is 5. The van der Waals surface area contributed by atoms with Crippen molar-refractivity contribution in [3.05, 3.63) is 30.1 Å². The van der Waals surface area contributed by atoms with Crippen molar-refractivity contribution in [1.82, 2.24) is 15.1 Å². The number of nitrogens with zero attached hydrogens (tertiary/aromatic N) is 3. The summed E-state index contributed by atoms with van der Waals surface area (Å²) in [6.45, 7) is 5.41. The maximum atomic E-state index is 13.2. The fraction of sp³-hybridized carbons (Fsp3) is 0.650. The molecule has 1 heterocycles. The third-order valence-corrected chi connectivity index (χ3v) is 4.84. The Balaban J connectivity index is 0.00000450. The number of hydrogen-bond acceptors (Lipinski definition) is 3. The second-order valence-corrected chi connectivity index (χ2v) is 7.36. The number of benzene rings is 1. The maximum absolute atomic E-state index is 13.2. The maximum Gasteiger partial charge on any atom is 0.401 e. The summed E-state index contributed by atoms with van der Waals surface area (Å²) in [6, 6.07) is 5.97. The molecule has 0 radical (unpaired) electrons. The van der Waals surface area contributed by atoms with Crippen LogP contribution in [0.4, 0.5) is 17.6 Å². The highest BCUT2D eigenvalue weighted by Crippen LogP contribution is 2.21. The van der Waals surface area contributed by atoms with Gasteiger partial charge in [-0.3, -0.25) is 9.89 Å². The molecule has 0 aliphatic carbocycles. The number of aliphatic imine (C=N–C) groups is 1. The van der Waals surface area contributed by atoms with E-state index in [9.17, 15) is 17.6 Å². The lowest BCUT2D eigenvalue weighted by Crippen LogP contribution is -2.44. The summed E-state index contributed by atoms with van der Waals surface area (Å²) in [5.41, 5.74) is 0. The van der Waals surface area contributed by atoms with Crippen LogP contribution in [-0.2, 0) is 0 Å². The lowest BCUT2D eigenvalue weighted by atomic mass is 10.1. The summed E-state index contributed by atoms with van der Waals surface area (Å²) >= 11 is 0. The van der Waals surface area contributed by atoms with Crippen molar-refractivity contribution in [2.75, 3.05) is 46.3 Å². The Morgan fingerprint density at radius 1 is 1.40 bits per heavy atom. The van der Waals surface area contributed by atoms with Crippen molar-refractivity contribution in [3.63, 3.8) is 0 Å². The Morgan fingerprint density at radius 2 is 2.13 bits per heavy atom. The smallest absolute Gasteiger partial charge is 0.401 e. The van der Waals surface area contributed by atoms with E-state index in [0.717, 1.165) is 13.0 Å². The van der Waals surface area contributed by atoms with Gasteiger partial charge in [0.05, 0.1) is 13.1 Å². The van der Waals surface area contributed by atoms with Gasteiger partial charge in [0.25, 0.3) is 0 Å². The second kappa shape index (κ2) is 12.5. The fourth-order valence-corrected chi connectivity index (χ4v) is 3.48. The molecule has 1 aliphatic rings. The third kappa shape index (κ3) is 9.23. The number of ether oxygens (including phenoxy) is 1. The summed E-state index contributed by atoms with van der Waals surface area (Å²) < 4.78 is 56.9. The van der Waals surface area contributed by atoms with Gasteiger partial charge in [0.1, 0.15) is 17.7 Å². The van der Waals surface area contributed by atoms with Crippen molar-refractivity contribution < 1.29 is 22.3 Å². The predicted molar refractivity (Wildman–Crippen MR) is 121 cm³/mol. The number of likely N-dealkylation sites (tertiary alicyclic amines) is 1. The molecular weight excluding hydrogens is 515 g/mol. The first-order valence-electron chi connectivity index (χ1n) is 9.87. The van der Waals surface area contributed by atoms with E-state index in [0.29, 0.717) is 37.9 Å². The van der Waals surface area contributed by atoms with Crippen molar-refractivity contribution in [2.24, 2.45) is 10.9 Å². The molecule has 0 amide bonds. The minimum Gasteiger partial charge on any atom is -0.489 e. The van der Waals surface area contributed by atoms with Gasteiger partial charge in [-0.05, 0) is 37.9 Å². The second-order valence-electron chi connectivity index (χ2n) is 7.36. The first-order valence-corrected chi connectivity index (χ1v) is 9.87. The average molecular weight is 546 g/mol. The molecular formula is C20H31F4IN4O. The molecule has 0 aromatic heterocycles. The molecule has 2 atom stereocenters. The summed E-state index contributed by atoms with van der Waals surface area (Å²) in [5.74, 6) is 0.964. The molecule has 1 fully saturated rings. The van der Waals surface area contributed by atoms with Gasteiger partial charge in [0.15, 0.2) is 5.96 Å². The molecule has 0 bridgehead atoms. The summed E-state index contributed by atoms with van der Waals surface area (Å²) in [7, 11) is 1.68. The zero-order chi connectivity index (χ0) is 21.4. The van der Waals surface area contributed by atoms with Crippen LogP contribution in [0.2, 0.25) is 0 Å². The Labute approximate surface area is 192 Å². The van der Waals surface area contributed by atoms with Gasteiger partial charge in [0.2, 0.25) is 0 Å². The van der Waals surface area contributed by atoms with Gasteiger partial charge in [-0.15, -0.1) is 24.0 Å². The minimum atomic E-state index is -4.18. The molecule has 0 saturated carbocycles. The van der Waals surface area contributed by atoms with Crippen LogP contribution in [0.1, 0.15) is 20.3 Å². The van der Waals surface area contributed by atoms with Gasteiger partial charge in [0, 0.05) is 32.7 Å². The quantitative estimate of drug-likeness (QED) is 0.232. The molecule has 0 spiro atoms. The van der Waals surface area contributed by atoms with E-state index in [1.807, 2.05) is 6.92 Å². The van der Waals surface area contributed by atoms with Gasteiger partial charge >= 0.3 is 6.18 Å². The summed E-state index contributed by atoms with van der Waals surface area (Å²) in [5, 5.41) is 3.24. The van der Waals surface area contributed by atoms with Crippen LogP contribution in [0.3, 0.4) is 0 Å². The topological polar surface area (TPSA) is 40.1 Å². The average Bonchev–Trinajstić information content (AvgIpc) is 3.09. The molecule has 5 nitrogen and oxygen atoms in total. The number of nitrogens with one attached hydrogen (secondary N) is 1. The third-order valence-electron chi connectivity index (χ3n) is 4.84. The predicted octanol–water partition coefficient (Wildman–Crippen LogP) is 3.99. The molecule has 1 aliphatic heterocycles. The van der Waals surface area contributed by atoms with E-state index < -0.39 is 12.7 Å². The SMILES string of the molecule is CCN(CC1CCN(C(=NC)NCC(C)Oc2cccc(F)c2)C1)CC(F)(F)F.I. The normalized spacial score (nSPS) is 18.3. The fourth-order valence-electron chi connectivity index (χ4n) is 3.48. The zero-order valence-electron chi connectivity index (χ0n) is 17.6. The Hall–Kier alpha value is -1.30. The van der Waals surface area contributed by atoms with E-state index in [-0.39, 0.29) is 41.8 Å². The van der Waals surface area contributed by atoms with Crippen molar-refractivity contribution in [1.29, 1.82) is 0 Å². The molecule has 30 heavy (non-hydrogen) atoms. The van der Waals surface area contributed by atoms with Crippen LogP contribution < -0.4 is 10.1 Å². The zero-order valence-corrected chi connectivity index (χ0v) is 19.9. The highest BCUT2D eigenvalue weighted by molar-refractivity contribution is 14.0. The van der Waals surface area contributed by atoms with Gasteiger partial charge in [-0.25, -0.2) is 4.39 Å². The van der Waals surface area contributed by atoms with Gasteiger partial charge in [-0.1, -0.05) is 13.0 Å². The summed E-state index contributed by atoms with van der Waals surface area (Å²) in [4.78, 5) is 7.78. The molecule has 2 rings (SSSR count). The standard InChI is InChI=1S/C20H30F4N4O.HI/c1-4-27(14-20(22,23)24)12-16-8-9-28(13-16)19(25-3)26-11-15(2)29-18-7-5-6-17(21)10-18;/h5-7,10,15-16H,4,8-9,11-14H2,1-3H3,(H,25,26);1H. The Morgan fingerprint density at radius 3 is 2.73 bits per heavy atom. The monoisotopic (exact) mass is 546 g/mol. The van der Waals surface area contributed by atoms with Crippen molar-refractivity contribution >= 4 is 29.9 Å².